The molecule has 0 atom stereocenters. The Labute approximate surface area is 199 Å². The first kappa shape index (κ1) is 20.9. The highest BCUT2D eigenvalue weighted by Gasteiger charge is 2.48. The number of hydrogen-bond acceptors (Lipinski definition) is 5. The van der Waals surface area contributed by atoms with E-state index in [1.807, 2.05) is 6.07 Å². The van der Waals surface area contributed by atoms with Gasteiger partial charge in [0.2, 0.25) is 5.69 Å². The first-order valence-corrected chi connectivity index (χ1v) is 12.8. The maximum absolute atomic E-state index is 14.0. The molecule has 2 spiro atoms. The number of carbonyl (C=O) groups is 1. The minimum atomic E-state index is 0.0913. The van der Waals surface area contributed by atoms with Crippen LogP contribution in [-0.4, -0.2) is 84.7 Å². The van der Waals surface area contributed by atoms with Gasteiger partial charge >= 0.3 is 0 Å². The zero-order chi connectivity index (χ0) is 22.8. The molecule has 1 aliphatic carbocycles. The fourth-order valence-electron chi connectivity index (χ4n) is 6.91. The van der Waals surface area contributed by atoms with Gasteiger partial charge in [-0.2, -0.15) is 0 Å². The third kappa shape index (κ3) is 2.87. The Kier molecular flexibility index (Phi) is 4.78. The van der Waals surface area contributed by atoms with Gasteiger partial charge in [-0.15, -0.1) is 0 Å². The first-order chi connectivity index (χ1) is 16.7. The van der Waals surface area contributed by atoms with Gasteiger partial charge in [0, 0.05) is 24.0 Å². The Morgan fingerprint density at radius 1 is 0.676 bits per heavy atom. The second-order valence-corrected chi connectivity index (χ2v) is 10.3. The van der Waals surface area contributed by atoms with Crippen molar-refractivity contribution in [3.8, 4) is 22.6 Å². The normalized spacial score (nSPS) is 24.2. The standard InChI is InChI=1S/C27H32N2O5/c30-26-19-4-1-5-21-23(19)20-18-22(33-12-2-6-28(21)8-14-31-15-9-28)25-27(24(20)26)34-13-3-7-29(25)10-16-32-17-11-29/h1,4-5,18H,2-3,6-17H2/q+2. The molecule has 4 aliphatic heterocycles. The Morgan fingerprint density at radius 2 is 1.35 bits per heavy atom. The summed E-state index contributed by atoms with van der Waals surface area (Å²) < 4.78 is 26.2. The third-order valence-electron chi connectivity index (χ3n) is 8.61. The van der Waals surface area contributed by atoms with E-state index < -0.39 is 0 Å². The van der Waals surface area contributed by atoms with Gasteiger partial charge in [0.1, 0.15) is 31.9 Å². The number of nitrogens with zero attached hydrogens (tertiary/aromatic N) is 2. The molecule has 0 radical (unpaired) electrons. The molecule has 7 nitrogen and oxygen atoms in total. The smallest absolute Gasteiger partial charge is 0.218 e. The van der Waals surface area contributed by atoms with Crippen LogP contribution < -0.4 is 18.4 Å². The van der Waals surface area contributed by atoms with Crippen LogP contribution in [0.5, 0.6) is 11.5 Å². The molecular weight excluding hydrogens is 432 g/mol. The number of hydrogen-bond donors (Lipinski definition) is 0. The Morgan fingerprint density at radius 3 is 2.12 bits per heavy atom. The molecule has 0 N–H and O–H groups in total. The van der Waals surface area contributed by atoms with Crippen LogP contribution in [0.2, 0.25) is 0 Å². The van der Waals surface area contributed by atoms with Crippen molar-refractivity contribution in [2.24, 2.45) is 0 Å². The summed E-state index contributed by atoms with van der Waals surface area (Å²) in [6, 6.07) is 8.45. The fourth-order valence-corrected chi connectivity index (χ4v) is 6.91. The second kappa shape index (κ2) is 7.78. The van der Waals surface area contributed by atoms with Crippen LogP contribution in [0.1, 0.15) is 28.8 Å². The second-order valence-electron chi connectivity index (χ2n) is 10.3. The maximum Gasteiger partial charge on any atom is 0.218 e. The SMILES string of the molecule is O=C1c2cccc3c2-c2cc(c4c(c21)OCCC[N+]41CCOCC1)OCCC[N+]31CCOCC1. The van der Waals surface area contributed by atoms with Crippen molar-refractivity contribution in [2.45, 2.75) is 12.8 Å². The molecular formula is C27H32N2O5+2. The van der Waals surface area contributed by atoms with Crippen LogP contribution in [0.3, 0.4) is 0 Å². The van der Waals surface area contributed by atoms with Crippen LogP contribution in [0.25, 0.3) is 11.1 Å². The summed E-state index contributed by atoms with van der Waals surface area (Å²) in [6.45, 7) is 9.80. The van der Waals surface area contributed by atoms with E-state index in [2.05, 4.69) is 18.2 Å². The van der Waals surface area contributed by atoms with Crippen LogP contribution >= 0.6 is 0 Å². The summed E-state index contributed by atoms with van der Waals surface area (Å²) in [5, 5.41) is 0. The number of carbonyl (C=O) groups excluding carboxylic acids is 1. The summed E-state index contributed by atoms with van der Waals surface area (Å²) in [5.74, 6) is 1.74. The summed E-state index contributed by atoms with van der Waals surface area (Å²) in [5.41, 5.74) is 5.94. The zero-order valence-corrected chi connectivity index (χ0v) is 19.6. The molecule has 5 aliphatic rings. The van der Waals surface area contributed by atoms with Gasteiger partial charge in [-0.05, 0) is 18.2 Å². The fraction of sp³-hybridized carbons (Fsp3) is 0.519. The van der Waals surface area contributed by atoms with Crippen molar-refractivity contribution < 1.29 is 23.7 Å². The van der Waals surface area contributed by atoms with Crippen molar-refractivity contribution in [3.05, 3.63) is 35.4 Å². The third-order valence-corrected chi connectivity index (χ3v) is 8.61. The number of rotatable bonds is 0. The lowest BCUT2D eigenvalue weighted by molar-refractivity contribution is 0.0373. The average Bonchev–Trinajstić information content (AvgIpc) is 3.04. The summed E-state index contributed by atoms with van der Waals surface area (Å²) in [7, 11) is 0. The molecule has 2 bridgehead atoms. The summed E-state index contributed by atoms with van der Waals surface area (Å²) in [6.07, 6.45) is 1.91. The predicted octanol–water partition coefficient (Wildman–Crippen LogP) is 3.14. The van der Waals surface area contributed by atoms with E-state index in [-0.39, 0.29) is 5.78 Å². The van der Waals surface area contributed by atoms with Crippen molar-refractivity contribution in [2.75, 3.05) is 78.9 Å². The Bertz CT molecular complexity index is 1160. The summed E-state index contributed by atoms with van der Waals surface area (Å²) >= 11 is 0. The molecule has 0 aromatic heterocycles. The Balaban J connectivity index is 1.52. The molecule has 34 heavy (non-hydrogen) atoms. The van der Waals surface area contributed by atoms with Crippen molar-refractivity contribution in [1.29, 1.82) is 0 Å². The number of morpholine rings is 2. The topological polar surface area (TPSA) is 54.0 Å². The molecule has 2 saturated heterocycles. The molecule has 178 valence electrons. The van der Waals surface area contributed by atoms with Gasteiger partial charge in [0.15, 0.2) is 17.3 Å². The van der Waals surface area contributed by atoms with Crippen LogP contribution in [0.15, 0.2) is 24.3 Å². The highest BCUT2D eigenvalue weighted by atomic mass is 16.5. The molecule has 2 aromatic carbocycles. The van der Waals surface area contributed by atoms with Crippen LogP contribution in [0.4, 0.5) is 11.4 Å². The van der Waals surface area contributed by atoms with Crippen LogP contribution in [0, 0.1) is 0 Å². The van der Waals surface area contributed by atoms with E-state index in [1.165, 1.54) is 5.69 Å². The maximum atomic E-state index is 14.0. The van der Waals surface area contributed by atoms with E-state index in [1.54, 1.807) is 0 Å². The van der Waals surface area contributed by atoms with E-state index in [9.17, 15) is 4.79 Å². The largest absolute Gasteiger partial charge is 0.487 e. The van der Waals surface area contributed by atoms with Gasteiger partial charge in [0.25, 0.3) is 0 Å². The molecule has 2 fully saturated rings. The number of fused-ring (bicyclic) bond motifs is 6. The molecule has 4 heterocycles. The Hall–Kier alpha value is -2.45. The van der Waals surface area contributed by atoms with E-state index >= 15 is 0 Å². The minimum Gasteiger partial charge on any atom is -0.487 e. The van der Waals surface area contributed by atoms with E-state index in [0.717, 1.165) is 127 Å². The lowest BCUT2D eigenvalue weighted by Gasteiger charge is -2.43. The van der Waals surface area contributed by atoms with Crippen molar-refractivity contribution in [3.63, 3.8) is 0 Å². The predicted molar refractivity (Wildman–Crippen MR) is 130 cm³/mol. The van der Waals surface area contributed by atoms with Crippen molar-refractivity contribution in [1.82, 2.24) is 8.97 Å². The van der Waals surface area contributed by atoms with Crippen molar-refractivity contribution >= 4 is 17.2 Å². The molecule has 7 rings (SSSR count). The van der Waals surface area contributed by atoms with Gasteiger partial charge in [-0.1, -0.05) is 6.07 Å². The van der Waals surface area contributed by atoms with Gasteiger partial charge < -0.3 is 18.9 Å². The van der Waals surface area contributed by atoms with E-state index in [4.69, 9.17) is 18.9 Å². The molecule has 7 heteroatoms. The van der Waals surface area contributed by atoms with Gasteiger partial charge in [-0.3, -0.25) is 13.8 Å². The zero-order valence-electron chi connectivity index (χ0n) is 19.6. The van der Waals surface area contributed by atoms with E-state index in [0.29, 0.717) is 13.2 Å². The lowest BCUT2D eigenvalue weighted by Crippen LogP contribution is -2.57. The minimum absolute atomic E-state index is 0.0913. The average molecular weight is 465 g/mol. The number of ether oxygens (including phenoxy) is 4. The lowest BCUT2D eigenvalue weighted by atomic mass is 9.98. The van der Waals surface area contributed by atoms with Crippen LogP contribution in [-0.2, 0) is 9.47 Å². The monoisotopic (exact) mass is 464 g/mol. The molecule has 0 amide bonds. The summed E-state index contributed by atoms with van der Waals surface area (Å²) in [4.78, 5) is 14.0. The number of quaternary nitrogens is 2. The first-order valence-electron chi connectivity index (χ1n) is 12.8. The number of ketones is 1. The highest BCUT2D eigenvalue weighted by molar-refractivity contribution is 6.26. The van der Waals surface area contributed by atoms with Gasteiger partial charge in [-0.25, -0.2) is 0 Å². The highest BCUT2D eigenvalue weighted by Crippen LogP contribution is 2.56. The molecule has 0 saturated carbocycles. The van der Waals surface area contributed by atoms with Gasteiger partial charge in [0.05, 0.1) is 63.9 Å². The molecule has 2 aromatic rings. The molecule has 0 unspecified atom stereocenters. The quantitative estimate of drug-likeness (QED) is 0.479. The number of benzene rings is 2.